The molecule has 1 aromatic carbocycles. The lowest BCUT2D eigenvalue weighted by Gasteiger charge is -2.23. The quantitative estimate of drug-likeness (QED) is 0.416. The summed E-state index contributed by atoms with van der Waals surface area (Å²) in [4.78, 5) is 35.9. The van der Waals surface area contributed by atoms with E-state index in [9.17, 15) is 24.6 Å². The second kappa shape index (κ2) is 7.14. The smallest absolute Gasteiger partial charge is 0.328 e. The molecule has 7 nitrogen and oxygen atoms in total. The molecule has 1 atom stereocenters. The van der Waals surface area contributed by atoms with E-state index in [-0.39, 0.29) is 27.8 Å². The maximum atomic E-state index is 12.0. The molecule has 0 saturated heterocycles. The van der Waals surface area contributed by atoms with Gasteiger partial charge in [0.05, 0.1) is 18.2 Å². The third-order valence-corrected chi connectivity index (χ3v) is 4.15. The van der Waals surface area contributed by atoms with Crippen molar-refractivity contribution in [1.82, 2.24) is 0 Å². The Kier molecular flexibility index (Phi) is 5.37. The van der Waals surface area contributed by atoms with Crippen LogP contribution >= 0.6 is 11.6 Å². The molecule has 1 aliphatic carbocycles. The summed E-state index contributed by atoms with van der Waals surface area (Å²) in [5.41, 5.74) is -0.922. The Balaban J connectivity index is 2.58. The highest BCUT2D eigenvalue weighted by Crippen LogP contribution is 2.46. The fourth-order valence-electron chi connectivity index (χ4n) is 2.63. The van der Waals surface area contributed by atoms with Gasteiger partial charge in [0.1, 0.15) is 22.5 Å². The third kappa shape index (κ3) is 3.46. The maximum absolute atomic E-state index is 12.0. The van der Waals surface area contributed by atoms with Gasteiger partial charge in [0.15, 0.2) is 17.3 Å². The molecule has 0 spiro atoms. The Labute approximate surface area is 149 Å². The number of halogens is 1. The van der Waals surface area contributed by atoms with Crippen LogP contribution in [0, 0.1) is 5.92 Å². The molecule has 0 saturated carbocycles. The first-order valence-corrected chi connectivity index (χ1v) is 7.95. The number of ether oxygens (including phenoxy) is 1. The zero-order chi connectivity index (χ0) is 18.9. The predicted molar refractivity (Wildman–Crippen MR) is 91.5 cm³/mol. The second-order valence-corrected chi connectivity index (χ2v) is 6.43. The number of aromatic hydroxyl groups is 2. The highest BCUT2D eigenvalue weighted by Gasteiger charge is 2.33. The molecule has 0 fully saturated rings. The average Bonchev–Trinajstić information content (AvgIpc) is 2.56. The molecule has 8 heteroatoms. The van der Waals surface area contributed by atoms with Crippen molar-refractivity contribution in [3.8, 4) is 11.5 Å². The molecule has 0 aliphatic heterocycles. The Morgan fingerprint density at radius 3 is 2.16 bits per heavy atom. The van der Waals surface area contributed by atoms with E-state index in [1.807, 2.05) is 13.8 Å². The highest BCUT2D eigenvalue weighted by molar-refractivity contribution is 6.37. The summed E-state index contributed by atoms with van der Waals surface area (Å²) in [6.07, 6.45) is 2.34. The minimum Gasteiger partial charge on any atom is -0.505 e. The number of ketones is 2. The lowest BCUT2D eigenvalue weighted by Crippen LogP contribution is -2.32. The summed E-state index contributed by atoms with van der Waals surface area (Å²) in [7, 11) is 1.22. The molecule has 3 N–H and O–H groups in total. The molecule has 0 aromatic heterocycles. The van der Waals surface area contributed by atoms with Crippen molar-refractivity contribution in [2.75, 3.05) is 12.4 Å². The van der Waals surface area contributed by atoms with Crippen LogP contribution < -0.4 is 5.32 Å². The number of nitrogens with one attached hydrogen (secondary N) is 1. The van der Waals surface area contributed by atoms with Crippen LogP contribution in [-0.4, -0.2) is 40.9 Å². The van der Waals surface area contributed by atoms with Gasteiger partial charge in [0.2, 0.25) is 0 Å². The van der Waals surface area contributed by atoms with Crippen molar-refractivity contribution in [2.24, 2.45) is 5.92 Å². The van der Waals surface area contributed by atoms with Crippen LogP contribution in [-0.2, 0) is 9.53 Å². The largest absolute Gasteiger partial charge is 0.505 e. The molecule has 0 radical (unpaired) electrons. The van der Waals surface area contributed by atoms with E-state index >= 15 is 0 Å². The zero-order valence-electron chi connectivity index (χ0n) is 13.9. The minimum atomic E-state index is -0.865. The molecular weight excluding hydrogens is 350 g/mol. The Morgan fingerprint density at radius 2 is 1.68 bits per heavy atom. The van der Waals surface area contributed by atoms with E-state index in [2.05, 4.69) is 5.32 Å². The first-order valence-electron chi connectivity index (χ1n) is 7.57. The standard InChI is InChI=1S/C17H18ClNO6/c1-7(2)6-8(17(24)25-3)19-14-13(18)15(22)11-9(20)4-5-10(21)12(11)16(14)23/h4-5,7-8,19,22-23H,6H2,1-3H3. The van der Waals surface area contributed by atoms with E-state index in [0.29, 0.717) is 6.42 Å². The van der Waals surface area contributed by atoms with Gasteiger partial charge in [-0.15, -0.1) is 0 Å². The van der Waals surface area contributed by atoms with Gasteiger partial charge in [-0.1, -0.05) is 25.4 Å². The Morgan fingerprint density at radius 1 is 1.16 bits per heavy atom. The molecular formula is C17H18ClNO6. The number of benzene rings is 1. The number of fused-ring (bicyclic) bond motifs is 1. The van der Waals surface area contributed by atoms with Gasteiger partial charge in [-0.2, -0.15) is 0 Å². The van der Waals surface area contributed by atoms with Crippen LogP contribution in [0.3, 0.4) is 0 Å². The number of esters is 1. The molecule has 0 amide bonds. The van der Waals surface area contributed by atoms with E-state index < -0.39 is 35.1 Å². The fraction of sp³-hybridized carbons (Fsp3) is 0.353. The van der Waals surface area contributed by atoms with E-state index in [1.54, 1.807) is 0 Å². The molecule has 1 unspecified atom stereocenters. The zero-order valence-corrected chi connectivity index (χ0v) is 14.7. The molecule has 134 valence electrons. The number of carbonyl (C=O) groups excluding carboxylic acids is 3. The molecule has 25 heavy (non-hydrogen) atoms. The van der Waals surface area contributed by atoms with Crippen molar-refractivity contribution in [1.29, 1.82) is 0 Å². The van der Waals surface area contributed by atoms with E-state index in [0.717, 1.165) is 12.2 Å². The number of hydrogen-bond acceptors (Lipinski definition) is 7. The van der Waals surface area contributed by atoms with Gasteiger partial charge in [-0.3, -0.25) is 9.59 Å². The fourth-order valence-corrected chi connectivity index (χ4v) is 2.86. The number of carbonyl (C=O) groups is 3. The van der Waals surface area contributed by atoms with Crippen LogP contribution in [0.25, 0.3) is 0 Å². The second-order valence-electron chi connectivity index (χ2n) is 6.05. The summed E-state index contributed by atoms with van der Waals surface area (Å²) < 4.78 is 4.73. The first kappa shape index (κ1) is 18.8. The van der Waals surface area contributed by atoms with Crippen LogP contribution in [0.4, 0.5) is 5.69 Å². The van der Waals surface area contributed by atoms with Crippen LogP contribution in [0.15, 0.2) is 12.2 Å². The van der Waals surface area contributed by atoms with Crippen LogP contribution in [0.5, 0.6) is 11.5 Å². The number of methoxy groups -OCH3 is 1. The van der Waals surface area contributed by atoms with Gasteiger partial charge in [0.25, 0.3) is 0 Å². The summed E-state index contributed by atoms with van der Waals surface area (Å²) in [6, 6.07) is -0.865. The molecule has 1 aliphatic rings. The third-order valence-electron chi connectivity index (χ3n) is 3.78. The lowest BCUT2D eigenvalue weighted by molar-refractivity contribution is -0.141. The number of allylic oxidation sites excluding steroid dienone is 2. The lowest BCUT2D eigenvalue weighted by atomic mass is 9.91. The molecule has 2 rings (SSSR count). The van der Waals surface area contributed by atoms with E-state index in [1.165, 1.54) is 7.11 Å². The molecule has 0 bridgehead atoms. The van der Waals surface area contributed by atoms with Crippen molar-refractivity contribution in [3.63, 3.8) is 0 Å². The minimum absolute atomic E-state index is 0.106. The van der Waals surface area contributed by atoms with Gasteiger partial charge in [-0.25, -0.2) is 4.79 Å². The number of hydrogen-bond donors (Lipinski definition) is 3. The summed E-state index contributed by atoms with van der Waals surface area (Å²) >= 11 is 6.06. The Bertz CT molecular complexity index is 784. The molecule has 1 aromatic rings. The predicted octanol–water partition coefficient (Wildman–Crippen LogP) is 2.69. The normalized spacial score (nSPS) is 14.4. The van der Waals surface area contributed by atoms with Gasteiger partial charge < -0.3 is 20.3 Å². The van der Waals surface area contributed by atoms with Crippen molar-refractivity contribution in [3.05, 3.63) is 28.3 Å². The van der Waals surface area contributed by atoms with Crippen LogP contribution in [0.1, 0.15) is 41.0 Å². The first-order chi connectivity index (χ1) is 11.7. The summed E-state index contributed by atoms with van der Waals surface area (Å²) in [5, 5.41) is 23.0. The molecule has 0 heterocycles. The van der Waals surface area contributed by atoms with Gasteiger partial charge in [-0.05, 0) is 24.5 Å². The number of anilines is 1. The topological polar surface area (TPSA) is 113 Å². The van der Waals surface area contributed by atoms with Crippen molar-refractivity contribution in [2.45, 2.75) is 26.3 Å². The maximum Gasteiger partial charge on any atom is 0.328 e. The average molecular weight is 368 g/mol. The SMILES string of the molecule is COC(=O)C(CC(C)C)Nc1c(O)c2c(c(O)c1Cl)C(=O)C=CC2=O. The summed E-state index contributed by atoms with van der Waals surface area (Å²) in [6.45, 7) is 3.77. The van der Waals surface area contributed by atoms with Gasteiger partial charge >= 0.3 is 5.97 Å². The Hall–Kier alpha value is -2.54. The van der Waals surface area contributed by atoms with Gasteiger partial charge in [0, 0.05) is 0 Å². The van der Waals surface area contributed by atoms with E-state index in [4.69, 9.17) is 16.3 Å². The van der Waals surface area contributed by atoms with Crippen LogP contribution in [0.2, 0.25) is 5.02 Å². The highest BCUT2D eigenvalue weighted by atomic mass is 35.5. The number of phenols is 2. The summed E-state index contributed by atoms with van der Waals surface area (Å²) in [5.74, 6) is -3.02. The van der Waals surface area contributed by atoms with Crippen molar-refractivity contribution >= 4 is 34.8 Å². The number of rotatable bonds is 5. The van der Waals surface area contributed by atoms with Crippen molar-refractivity contribution < 1.29 is 29.3 Å². The monoisotopic (exact) mass is 367 g/mol. The number of phenolic OH excluding ortho intramolecular Hbond substituents is 2.